The van der Waals surface area contributed by atoms with Crippen LogP contribution in [0.2, 0.25) is 0 Å². The van der Waals surface area contributed by atoms with Gasteiger partial charge in [-0.2, -0.15) is 0 Å². The van der Waals surface area contributed by atoms with Crippen LogP contribution in [0.3, 0.4) is 0 Å². The third-order valence-electron chi connectivity index (χ3n) is 2.05. The lowest BCUT2D eigenvalue weighted by Gasteiger charge is -2.20. The first-order valence-electron chi connectivity index (χ1n) is 4.31. The number of aldehydes is 1. The summed E-state index contributed by atoms with van der Waals surface area (Å²) in [5.74, 6) is -0.493. The Kier molecular flexibility index (Phi) is 3.10. The van der Waals surface area contributed by atoms with Crippen molar-refractivity contribution in [3.8, 4) is 0 Å². The maximum absolute atomic E-state index is 13.3. The van der Waals surface area contributed by atoms with E-state index in [1.54, 1.807) is 12.1 Å². The topological polar surface area (TPSA) is 17.1 Å². The highest BCUT2D eigenvalue weighted by Gasteiger charge is 2.17. The molecule has 0 aliphatic rings. The minimum atomic E-state index is -0.493. The lowest BCUT2D eigenvalue weighted by atomic mass is 9.86. The Hall–Kier alpha value is -0.700. The smallest absolute Gasteiger partial charge is 0.153 e. The molecule has 0 heterocycles. The first kappa shape index (κ1) is 11.4. The number of benzene rings is 1. The van der Waals surface area contributed by atoms with E-state index >= 15 is 0 Å². The third kappa shape index (κ3) is 2.21. The first-order valence-corrected chi connectivity index (χ1v) is 5.10. The van der Waals surface area contributed by atoms with E-state index in [9.17, 15) is 9.18 Å². The summed E-state index contributed by atoms with van der Waals surface area (Å²) in [5.41, 5.74) is 0.950. The molecule has 0 amide bonds. The van der Waals surface area contributed by atoms with Crippen molar-refractivity contribution in [3.05, 3.63) is 33.5 Å². The highest BCUT2D eigenvalue weighted by molar-refractivity contribution is 9.10. The van der Waals surface area contributed by atoms with Crippen LogP contribution in [0, 0.1) is 5.82 Å². The SMILES string of the molecule is CC(C)(C)c1cc(Br)c(F)c(C=O)c1. The van der Waals surface area contributed by atoms with Gasteiger partial charge < -0.3 is 0 Å². The van der Waals surface area contributed by atoms with Gasteiger partial charge in [-0.05, 0) is 39.0 Å². The van der Waals surface area contributed by atoms with Gasteiger partial charge in [-0.1, -0.05) is 20.8 Å². The van der Waals surface area contributed by atoms with E-state index in [0.717, 1.165) is 5.56 Å². The first-order chi connectivity index (χ1) is 6.36. The molecular formula is C11H12BrFO. The number of carbonyl (C=O) groups is 1. The normalized spacial score (nSPS) is 11.5. The predicted molar refractivity (Wildman–Crippen MR) is 58.2 cm³/mol. The molecule has 0 aliphatic heterocycles. The van der Waals surface area contributed by atoms with Crippen LogP contribution < -0.4 is 0 Å². The Morgan fingerprint density at radius 1 is 1.36 bits per heavy atom. The van der Waals surface area contributed by atoms with Crippen molar-refractivity contribution < 1.29 is 9.18 Å². The van der Waals surface area contributed by atoms with Crippen LogP contribution in [0.25, 0.3) is 0 Å². The van der Waals surface area contributed by atoms with E-state index in [2.05, 4.69) is 15.9 Å². The summed E-state index contributed by atoms with van der Waals surface area (Å²) < 4.78 is 13.6. The highest BCUT2D eigenvalue weighted by Crippen LogP contribution is 2.28. The van der Waals surface area contributed by atoms with Gasteiger partial charge in [-0.3, -0.25) is 4.79 Å². The second kappa shape index (κ2) is 3.81. The van der Waals surface area contributed by atoms with Crippen molar-refractivity contribution in [2.75, 3.05) is 0 Å². The quantitative estimate of drug-likeness (QED) is 0.703. The van der Waals surface area contributed by atoms with Crippen LogP contribution in [-0.4, -0.2) is 6.29 Å². The molecule has 3 heteroatoms. The largest absolute Gasteiger partial charge is 0.298 e. The summed E-state index contributed by atoms with van der Waals surface area (Å²) in [6.45, 7) is 6.05. The number of halogens is 2. The standard InChI is InChI=1S/C11H12BrFO/c1-11(2,3)8-4-7(6-14)10(13)9(12)5-8/h4-6H,1-3H3. The molecule has 0 aliphatic carbocycles. The van der Waals surface area contributed by atoms with Gasteiger partial charge in [0.15, 0.2) is 6.29 Å². The van der Waals surface area contributed by atoms with Crippen LogP contribution in [0.15, 0.2) is 16.6 Å². The van der Waals surface area contributed by atoms with Gasteiger partial charge in [-0.15, -0.1) is 0 Å². The van der Waals surface area contributed by atoms with Crippen LogP contribution in [0.4, 0.5) is 4.39 Å². The van der Waals surface area contributed by atoms with E-state index in [-0.39, 0.29) is 11.0 Å². The minimum Gasteiger partial charge on any atom is -0.298 e. The molecule has 0 spiro atoms. The van der Waals surface area contributed by atoms with Crippen molar-refractivity contribution in [2.45, 2.75) is 26.2 Å². The lowest BCUT2D eigenvalue weighted by molar-refractivity contribution is 0.111. The lowest BCUT2D eigenvalue weighted by Crippen LogP contribution is -2.12. The molecule has 0 radical (unpaired) electrons. The van der Waals surface area contributed by atoms with Gasteiger partial charge in [0.25, 0.3) is 0 Å². The molecule has 1 rings (SSSR count). The van der Waals surface area contributed by atoms with E-state index < -0.39 is 5.82 Å². The van der Waals surface area contributed by atoms with Crippen LogP contribution in [0.1, 0.15) is 36.7 Å². The summed E-state index contributed by atoms with van der Waals surface area (Å²) in [6.07, 6.45) is 0.537. The van der Waals surface area contributed by atoms with Gasteiger partial charge in [0.2, 0.25) is 0 Å². The zero-order chi connectivity index (χ0) is 10.9. The fourth-order valence-electron chi connectivity index (χ4n) is 1.13. The average molecular weight is 259 g/mol. The van der Waals surface area contributed by atoms with E-state index in [0.29, 0.717) is 10.8 Å². The van der Waals surface area contributed by atoms with Gasteiger partial charge in [0.1, 0.15) is 5.82 Å². The van der Waals surface area contributed by atoms with Crippen LogP contribution in [-0.2, 0) is 5.41 Å². The molecule has 0 bridgehead atoms. The third-order valence-corrected chi connectivity index (χ3v) is 2.63. The molecule has 0 atom stereocenters. The molecule has 76 valence electrons. The van der Waals surface area contributed by atoms with Crippen molar-refractivity contribution in [1.29, 1.82) is 0 Å². The number of hydrogen-bond acceptors (Lipinski definition) is 1. The molecule has 1 aromatic rings. The van der Waals surface area contributed by atoms with Gasteiger partial charge >= 0.3 is 0 Å². The molecule has 0 N–H and O–H groups in total. The number of hydrogen-bond donors (Lipinski definition) is 0. The van der Waals surface area contributed by atoms with Crippen molar-refractivity contribution in [2.24, 2.45) is 0 Å². The van der Waals surface area contributed by atoms with Gasteiger partial charge in [0, 0.05) is 0 Å². The summed E-state index contributed by atoms with van der Waals surface area (Å²) >= 11 is 3.10. The monoisotopic (exact) mass is 258 g/mol. The summed E-state index contributed by atoms with van der Waals surface area (Å²) in [5, 5.41) is 0. The fourth-order valence-corrected chi connectivity index (χ4v) is 1.60. The Morgan fingerprint density at radius 2 is 1.93 bits per heavy atom. The Labute approximate surface area is 91.5 Å². The zero-order valence-corrected chi connectivity index (χ0v) is 9.98. The molecule has 0 aromatic heterocycles. The molecule has 14 heavy (non-hydrogen) atoms. The maximum Gasteiger partial charge on any atom is 0.153 e. The van der Waals surface area contributed by atoms with Crippen molar-refractivity contribution in [3.63, 3.8) is 0 Å². The average Bonchev–Trinajstić information content (AvgIpc) is 2.07. The molecular weight excluding hydrogens is 247 g/mol. The fraction of sp³-hybridized carbons (Fsp3) is 0.364. The number of carbonyl (C=O) groups excluding carboxylic acids is 1. The van der Waals surface area contributed by atoms with Crippen molar-refractivity contribution in [1.82, 2.24) is 0 Å². The molecule has 1 aromatic carbocycles. The van der Waals surface area contributed by atoms with E-state index in [4.69, 9.17) is 0 Å². The summed E-state index contributed by atoms with van der Waals surface area (Å²) in [4.78, 5) is 10.6. The zero-order valence-electron chi connectivity index (χ0n) is 8.40. The van der Waals surface area contributed by atoms with Gasteiger partial charge in [-0.25, -0.2) is 4.39 Å². The number of rotatable bonds is 1. The second-order valence-electron chi connectivity index (χ2n) is 4.23. The van der Waals surface area contributed by atoms with Crippen LogP contribution >= 0.6 is 15.9 Å². The molecule has 0 unspecified atom stereocenters. The Bertz CT molecular complexity index is 366. The molecule has 1 nitrogen and oxygen atoms in total. The van der Waals surface area contributed by atoms with Crippen molar-refractivity contribution >= 4 is 22.2 Å². The van der Waals surface area contributed by atoms with Crippen LogP contribution in [0.5, 0.6) is 0 Å². The molecule has 0 saturated carbocycles. The highest BCUT2D eigenvalue weighted by atomic mass is 79.9. The van der Waals surface area contributed by atoms with E-state index in [1.165, 1.54) is 0 Å². The summed E-state index contributed by atoms with van der Waals surface area (Å²) in [6, 6.07) is 3.30. The van der Waals surface area contributed by atoms with E-state index in [1.807, 2.05) is 20.8 Å². The Morgan fingerprint density at radius 3 is 2.36 bits per heavy atom. The molecule has 0 saturated heterocycles. The maximum atomic E-state index is 13.3. The minimum absolute atomic E-state index is 0.0893. The summed E-state index contributed by atoms with van der Waals surface area (Å²) in [7, 11) is 0. The second-order valence-corrected chi connectivity index (χ2v) is 5.08. The predicted octanol–water partition coefficient (Wildman–Crippen LogP) is 3.70. The Balaban J connectivity index is 3.37. The van der Waals surface area contributed by atoms with Gasteiger partial charge in [0.05, 0.1) is 10.0 Å². The molecule has 0 fully saturated rings.